The third-order valence-electron chi connectivity index (χ3n) is 8.79. The molecule has 0 fully saturated rings. The molecule has 236 valence electrons. The normalized spacial score (nSPS) is 14.0. The number of rotatable bonds is 1. The molecule has 1 aliphatic heterocycles. The molecule has 0 saturated heterocycles. The van der Waals surface area contributed by atoms with Crippen molar-refractivity contribution in [2.24, 2.45) is 21.1 Å². The third-order valence-corrected chi connectivity index (χ3v) is 11.1. The van der Waals surface area contributed by atoms with Crippen LogP contribution in [-0.4, -0.2) is 36.7 Å². The smallest absolute Gasteiger partial charge is 0.543 e. The van der Waals surface area contributed by atoms with Gasteiger partial charge in [0.15, 0.2) is 0 Å². The van der Waals surface area contributed by atoms with Gasteiger partial charge < -0.3 is 19.2 Å². The molecule has 0 atom stereocenters. The number of aromatic carboxylic acids is 1. The molecule has 8 bridgehead atoms. The fourth-order valence-corrected chi connectivity index (χ4v) is 8.60. The first-order valence-corrected chi connectivity index (χ1v) is 17.6. The maximum Gasteiger partial charge on any atom is 1.00 e. The summed E-state index contributed by atoms with van der Waals surface area (Å²) in [4.78, 5) is 13.7. The maximum absolute atomic E-state index is 12.6. The summed E-state index contributed by atoms with van der Waals surface area (Å²) >= 11 is 10.5. The van der Waals surface area contributed by atoms with Crippen LogP contribution in [0, 0.1) is 6.92 Å². The number of ether oxygens (including phenoxy) is 1. The number of halogens is 1. The van der Waals surface area contributed by atoms with Crippen LogP contribution in [0.3, 0.4) is 0 Å². The van der Waals surface area contributed by atoms with Crippen LogP contribution in [0.5, 0.6) is 5.75 Å². The van der Waals surface area contributed by atoms with Gasteiger partial charge in [-0.05, 0) is 55.0 Å². The topological polar surface area (TPSA) is 89.9 Å². The fourth-order valence-electron chi connectivity index (χ4n) is 6.52. The minimum atomic E-state index is -1.21. The van der Waals surface area contributed by atoms with Crippen LogP contribution < -0.4 is 39.4 Å². The SMILES string of the molecule is Cc1c2c(nn1C)CSCc1cc(n(C)n1)CSc1cc(c3ccccc3c1)OCCCc1c(C(=O)[O-])n(C)c3c-2c(Cl)ccc13.[Na+]. The minimum Gasteiger partial charge on any atom is -0.543 e. The summed E-state index contributed by atoms with van der Waals surface area (Å²) in [5.74, 6) is 1.75. The van der Waals surface area contributed by atoms with E-state index in [1.807, 2.05) is 54.6 Å². The Labute approximate surface area is 309 Å². The van der Waals surface area contributed by atoms with Crippen LogP contribution in [0.4, 0.5) is 0 Å². The summed E-state index contributed by atoms with van der Waals surface area (Å²) in [7, 11) is 5.70. The molecule has 47 heavy (non-hydrogen) atoms. The Morgan fingerprint density at radius 1 is 0.957 bits per heavy atom. The van der Waals surface area contributed by atoms with Gasteiger partial charge in [0, 0.05) is 76.6 Å². The molecule has 6 aromatic rings. The second-order valence-electron chi connectivity index (χ2n) is 11.6. The van der Waals surface area contributed by atoms with Gasteiger partial charge in [-0.2, -0.15) is 10.2 Å². The molecule has 0 amide bonds. The van der Waals surface area contributed by atoms with E-state index in [1.54, 1.807) is 35.1 Å². The zero-order valence-corrected chi connectivity index (χ0v) is 31.5. The zero-order chi connectivity index (χ0) is 32.1. The van der Waals surface area contributed by atoms with Crippen molar-refractivity contribution in [3.05, 3.63) is 93.7 Å². The Hall–Kier alpha value is -2.86. The number of carbonyl (C=O) groups excluding carboxylic acids is 1. The van der Waals surface area contributed by atoms with Gasteiger partial charge in [-0.1, -0.05) is 41.9 Å². The van der Waals surface area contributed by atoms with E-state index in [0.717, 1.165) is 83.3 Å². The number of hydrogen-bond acceptors (Lipinski definition) is 7. The summed E-state index contributed by atoms with van der Waals surface area (Å²) in [5.41, 5.74) is 7.39. The van der Waals surface area contributed by atoms with E-state index >= 15 is 0 Å². The van der Waals surface area contributed by atoms with Crippen molar-refractivity contribution >= 4 is 62.8 Å². The van der Waals surface area contributed by atoms with Crippen molar-refractivity contribution in [2.45, 2.75) is 41.9 Å². The van der Waals surface area contributed by atoms with Crippen LogP contribution in [0.1, 0.15) is 45.2 Å². The van der Waals surface area contributed by atoms with Crippen LogP contribution in [0.2, 0.25) is 5.02 Å². The summed E-state index contributed by atoms with van der Waals surface area (Å²) in [6, 6.07) is 18.5. The van der Waals surface area contributed by atoms with Gasteiger partial charge in [-0.25, -0.2) is 0 Å². The Balaban J connectivity index is 0.00000386. The predicted molar refractivity (Wildman–Crippen MR) is 185 cm³/mol. The number of carboxylic acid groups (broad SMARTS) is 1. The van der Waals surface area contributed by atoms with Crippen LogP contribution >= 0.6 is 35.1 Å². The first kappa shape index (κ1) is 34.0. The summed E-state index contributed by atoms with van der Waals surface area (Å²) in [5, 5.41) is 25.9. The Kier molecular flexibility index (Phi) is 10.1. The molecule has 3 aromatic heterocycles. The van der Waals surface area contributed by atoms with Gasteiger partial charge in [0.25, 0.3) is 0 Å². The molecule has 4 heterocycles. The quantitative estimate of drug-likeness (QED) is 0.242. The van der Waals surface area contributed by atoms with Gasteiger partial charge in [-0.3, -0.25) is 9.36 Å². The van der Waals surface area contributed by atoms with Crippen LogP contribution in [0.25, 0.3) is 32.8 Å². The number of thioether (sulfide) groups is 2. The summed E-state index contributed by atoms with van der Waals surface area (Å²) in [6.07, 6.45) is 1.13. The van der Waals surface area contributed by atoms with Crippen LogP contribution in [0.15, 0.2) is 59.5 Å². The van der Waals surface area contributed by atoms with E-state index in [2.05, 4.69) is 30.3 Å². The Morgan fingerprint density at radius 3 is 2.57 bits per heavy atom. The number of hydrogen-bond donors (Lipinski definition) is 0. The Bertz CT molecular complexity index is 2150. The molecule has 7 rings (SSSR count). The molecule has 0 aliphatic carbocycles. The maximum atomic E-state index is 12.6. The molecule has 1 aliphatic rings. The van der Waals surface area contributed by atoms with Crippen molar-refractivity contribution in [1.82, 2.24) is 24.1 Å². The summed E-state index contributed by atoms with van der Waals surface area (Å²) < 4.78 is 12.0. The molecular formula is C35H33ClN5NaO3S2. The molecule has 0 spiro atoms. The number of carbonyl (C=O) groups is 1. The number of aryl methyl sites for hydroxylation is 4. The molecule has 0 radical (unpaired) electrons. The molecule has 0 saturated carbocycles. The number of benzene rings is 3. The van der Waals surface area contributed by atoms with Crippen molar-refractivity contribution in [3.8, 4) is 16.9 Å². The first-order valence-electron chi connectivity index (χ1n) is 15.1. The predicted octanol–water partition coefficient (Wildman–Crippen LogP) is 3.85. The molecule has 0 N–H and O–H groups in total. The zero-order valence-electron chi connectivity index (χ0n) is 27.1. The van der Waals surface area contributed by atoms with Gasteiger partial charge in [0.1, 0.15) is 5.75 Å². The number of carboxylic acids is 1. The van der Waals surface area contributed by atoms with Crippen LogP contribution in [-0.2, 0) is 44.8 Å². The molecule has 8 nitrogen and oxygen atoms in total. The second kappa shape index (κ2) is 13.9. The Morgan fingerprint density at radius 2 is 1.77 bits per heavy atom. The largest absolute Gasteiger partial charge is 1.00 e. The standard InChI is InChI=1S/C35H34ClN5O3S2.Na/c1-20-31-29(38-40(20)3)19-45-17-22-15-23(41(4)37-22)18-46-24-14-21-8-5-6-9-25(21)30(16-24)44-13-7-10-26-27-11-12-28(36)32(31)33(27)39(2)34(26)35(42)43;/h5-6,8-9,11-12,14-16H,7,10,13,17-19H2,1-4H3,(H,42,43);/q;+1/p-1. The minimum absolute atomic E-state index is 0. The van der Waals surface area contributed by atoms with Gasteiger partial charge in [0.05, 0.1) is 40.2 Å². The van der Waals surface area contributed by atoms with Crippen molar-refractivity contribution < 1.29 is 44.2 Å². The first-order chi connectivity index (χ1) is 22.2. The summed E-state index contributed by atoms with van der Waals surface area (Å²) in [6.45, 7) is 2.45. The van der Waals surface area contributed by atoms with E-state index in [0.29, 0.717) is 30.2 Å². The average Bonchev–Trinajstić information content (AvgIpc) is 3.63. The molecule has 0 unspecified atom stereocenters. The average molecular weight is 694 g/mol. The third kappa shape index (κ3) is 6.36. The van der Waals surface area contributed by atoms with Gasteiger partial charge in [-0.15, -0.1) is 23.5 Å². The van der Waals surface area contributed by atoms with Crippen molar-refractivity contribution in [3.63, 3.8) is 0 Å². The van der Waals surface area contributed by atoms with E-state index in [9.17, 15) is 9.90 Å². The number of aromatic nitrogens is 5. The second-order valence-corrected chi connectivity index (χ2v) is 14.1. The molecule has 3 aromatic carbocycles. The monoisotopic (exact) mass is 693 g/mol. The van der Waals surface area contributed by atoms with E-state index in [4.69, 9.17) is 26.5 Å². The van der Waals surface area contributed by atoms with Gasteiger partial charge in [0.2, 0.25) is 0 Å². The fraction of sp³-hybridized carbons (Fsp3) is 0.286. The molecular weight excluding hydrogens is 661 g/mol. The van der Waals surface area contributed by atoms with E-state index in [-0.39, 0.29) is 35.3 Å². The van der Waals surface area contributed by atoms with E-state index < -0.39 is 5.97 Å². The van der Waals surface area contributed by atoms with Crippen molar-refractivity contribution in [1.29, 1.82) is 0 Å². The number of fused-ring (bicyclic) bond motifs is 8. The van der Waals surface area contributed by atoms with Gasteiger partial charge >= 0.3 is 29.6 Å². The molecule has 12 heteroatoms. The van der Waals surface area contributed by atoms with E-state index in [1.165, 1.54) is 0 Å². The number of nitrogens with zero attached hydrogens (tertiary/aromatic N) is 5. The van der Waals surface area contributed by atoms with Crippen molar-refractivity contribution in [2.75, 3.05) is 6.61 Å².